The van der Waals surface area contributed by atoms with Gasteiger partial charge >= 0.3 is 11.9 Å². The molecule has 2 amide bonds. The Bertz CT molecular complexity index is 1650. The number of rotatable bonds is 8. The first-order chi connectivity index (χ1) is 18.6. The maximum absolute atomic E-state index is 12.7. The van der Waals surface area contributed by atoms with Gasteiger partial charge in [0, 0.05) is 11.4 Å². The molecule has 0 fully saturated rings. The molecule has 0 saturated carbocycles. The fourth-order valence-electron chi connectivity index (χ4n) is 4.42. The molecule has 0 bridgehead atoms. The fourth-order valence-corrected chi connectivity index (χ4v) is 7.88. The number of aryl methyl sites for hydroxylation is 2. The molecule has 11 nitrogen and oxygen atoms in total. The zero-order valence-corrected chi connectivity index (χ0v) is 24.0. The first-order valence-corrected chi connectivity index (χ1v) is 15.5. The number of aromatic nitrogens is 1. The quantitative estimate of drug-likeness (QED) is 0.392. The SMILES string of the molecule is CCn1c(=NC(=O)CS(=O)(=O)CC(=O)Nc2sc3c(c2C(=O)OC)CCCC3)sc2cc(C(=O)OC)ccc21. The minimum absolute atomic E-state index is 0.255. The van der Waals surface area contributed by atoms with E-state index in [4.69, 9.17) is 9.47 Å². The third-order valence-corrected chi connectivity index (χ3v) is 9.79. The molecule has 0 unspecified atom stereocenters. The Morgan fingerprint density at radius 2 is 1.74 bits per heavy atom. The number of sulfone groups is 1. The molecule has 1 aliphatic carbocycles. The number of thiazole rings is 1. The zero-order valence-electron chi connectivity index (χ0n) is 21.6. The van der Waals surface area contributed by atoms with E-state index in [1.807, 2.05) is 6.92 Å². The van der Waals surface area contributed by atoms with Crippen molar-refractivity contribution < 1.29 is 37.1 Å². The van der Waals surface area contributed by atoms with Crippen molar-refractivity contribution in [2.24, 2.45) is 4.99 Å². The molecule has 2 heterocycles. The molecule has 0 radical (unpaired) electrons. The maximum atomic E-state index is 12.7. The van der Waals surface area contributed by atoms with Crippen LogP contribution in [0.5, 0.6) is 0 Å². The molecule has 0 atom stereocenters. The summed E-state index contributed by atoms with van der Waals surface area (Å²) in [6.45, 7) is 2.29. The average molecular weight is 594 g/mol. The summed E-state index contributed by atoms with van der Waals surface area (Å²) >= 11 is 2.37. The van der Waals surface area contributed by atoms with Crippen LogP contribution in [0, 0.1) is 0 Å². The number of nitrogens with one attached hydrogen (secondary N) is 1. The van der Waals surface area contributed by atoms with E-state index >= 15 is 0 Å². The average Bonchev–Trinajstić information content (AvgIpc) is 3.42. The van der Waals surface area contributed by atoms with Crippen LogP contribution >= 0.6 is 22.7 Å². The Balaban J connectivity index is 1.51. The number of thiophene rings is 1. The lowest BCUT2D eigenvalue weighted by molar-refractivity contribution is -0.115. The number of ether oxygens (including phenoxy) is 2. The Kier molecular flexibility index (Phi) is 8.67. The minimum atomic E-state index is -4.16. The lowest BCUT2D eigenvalue weighted by Crippen LogP contribution is -2.28. The largest absolute Gasteiger partial charge is 0.465 e. The molecule has 39 heavy (non-hydrogen) atoms. The number of esters is 2. The molecule has 4 rings (SSSR count). The predicted molar refractivity (Wildman–Crippen MR) is 147 cm³/mol. The van der Waals surface area contributed by atoms with Crippen LogP contribution in [0.2, 0.25) is 0 Å². The van der Waals surface area contributed by atoms with Crippen molar-refractivity contribution in [3.63, 3.8) is 0 Å². The fraction of sp³-hybridized carbons (Fsp3) is 0.400. The number of anilines is 1. The summed E-state index contributed by atoms with van der Waals surface area (Å²) in [4.78, 5) is 54.7. The Labute approximate surface area is 232 Å². The molecule has 1 N–H and O–H groups in total. The van der Waals surface area contributed by atoms with Gasteiger partial charge in [-0.25, -0.2) is 18.0 Å². The van der Waals surface area contributed by atoms with Gasteiger partial charge in [0.05, 0.1) is 35.6 Å². The van der Waals surface area contributed by atoms with E-state index in [1.54, 1.807) is 22.8 Å². The van der Waals surface area contributed by atoms with Crippen molar-refractivity contribution in [3.8, 4) is 0 Å². The molecule has 14 heteroatoms. The molecule has 2 aromatic heterocycles. The van der Waals surface area contributed by atoms with E-state index < -0.39 is 45.1 Å². The number of carbonyl (C=O) groups is 4. The van der Waals surface area contributed by atoms with Gasteiger partial charge in [0.15, 0.2) is 14.6 Å². The summed E-state index contributed by atoms with van der Waals surface area (Å²) in [5.41, 5.74) is 2.15. The number of benzene rings is 1. The topological polar surface area (TPSA) is 150 Å². The Morgan fingerprint density at radius 3 is 2.44 bits per heavy atom. The summed E-state index contributed by atoms with van der Waals surface area (Å²) < 4.78 is 37.4. The second kappa shape index (κ2) is 11.8. The molecular weight excluding hydrogens is 566 g/mol. The van der Waals surface area contributed by atoms with E-state index in [1.165, 1.54) is 25.6 Å². The summed E-state index contributed by atoms with van der Waals surface area (Å²) in [6, 6.07) is 4.92. The van der Waals surface area contributed by atoms with E-state index in [0.29, 0.717) is 23.2 Å². The van der Waals surface area contributed by atoms with Gasteiger partial charge in [-0.3, -0.25) is 9.59 Å². The summed E-state index contributed by atoms with van der Waals surface area (Å²) in [5, 5.41) is 2.79. The van der Waals surface area contributed by atoms with Gasteiger partial charge in [-0.1, -0.05) is 11.3 Å². The maximum Gasteiger partial charge on any atom is 0.341 e. The second-order valence-electron chi connectivity index (χ2n) is 8.80. The predicted octanol–water partition coefficient (Wildman–Crippen LogP) is 2.72. The number of nitrogens with zero attached hydrogens (tertiary/aromatic N) is 2. The molecule has 1 aliphatic rings. The second-order valence-corrected chi connectivity index (χ2v) is 13.0. The Morgan fingerprint density at radius 1 is 1.03 bits per heavy atom. The highest BCUT2D eigenvalue weighted by Gasteiger charge is 2.28. The lowest BCUT2D eigenvalue weighted by Gasteiger charge is -2.11. The first kappa shape index (κ1) is 28.6. The molecule has 0 saturated heterocycles. The number of carbonyl (C=O) groups excluding carboxylic acids is 4. The minimum Gasteiger partial charge on any atom is -0.465 e. The molecule has 0 spiro atoms. The highest BCUT2D eigenvalue weighted by molar-refractivity contribution is 7.92. The van der Waals surface area contributed by atoms with Crippen molar-refractivity contribution in [3.05, 3.63) is 44.6 Å². The number of hydrogen-bond acceptors (Lipinski definition) is 10. The van der Waals surface area contributed by atoms with Crippen LogP contribution in [0.3, 0.4) is 0 Å². The molecule has 1 aromatic carbocycles. The lowest BCUT2D eigenvalue weighted by atomic mass is 9.95. The standard InChI is InChI=1S/C25H27N3O8S3/c1-4-28-16-10-9-14(23(31)35-2)11-18(16)38-25(28)27-20(30)13-39(33,34)12-19(29)26-22-21(24(32)36-3)15-7-5-6-8-17(15)37-22/h9-11H,4-8,12-13H2,1-3H3,(H,26,29). The molecule has 208 valence electrons. The van der Waals surface area contributed by atoms with Gasteiger partial charge in [0.25, 0.3) is 5.91 Å². The van der Waals surface area contributed by atoms with Gasteiger partial charge in [-0.2, -0.15) is 4.99 Å². The van der Waals surface area contributed by atoms with E-state index in [0.717, 1.165) is 46.6 Å². The normalized spacial score (nSPS) is 13.7. The molecule has 0 aliphatic heterocycles. The number of amides is 2. The van der Waals surface area contributed by atoms with Gasteiger partial charge in [0.1, 0.15) is 16.5 Å². The van der Waals surface area contributed by atoms with Crippen molar-refractivity contribution in [2.75, 3.05) is 31.0 Å². The van der Waals surface area contributed by atoms with E-state index in [9.17, 15) is 27.6 Å². The van der Waals surface area contributed by atoms with Crippen LogP contribution in [-0.4, -0.2) is 62.5 Å². The van der Waals surface area contributed by atoms with Crippen molar-refractivity contribution in [1.82, 2.24) is 4.57 Å². The van der Waals surface area contributed by atoms with Gasteiger partial charge in [-0.05, 0) is 56.4 Å². The number of fused-ring (bicyclic) bond motifs is 2. The van der Waals surface area contributed by atoms with Crippen LogP contribution < -0.4 is 10.1 Å². The Hall–Kier alpha value is -3.36. The van der Waals surface area contributed by atoms with E-state index in [2.05, 4.69) is 10.3 Å². The van der Waals surface area contributed by atoms with Gasteiger partial charge in [-0.15, -0.1) is 11.3 Å². The van der Waals surface area contributed by atoms with Crippen molar-refractivity contribution in [2.45, 2.75) is 39.2 Å². The highest BCUT2D eigenvalue weighted by atomic mass is 32.2. The molecular formula is C25H27N3O8S3. The summed E-state index contributed by atoms with van der Waals surface area (Å²) in [5.74, 6) is -4.78. The smallest absolute Gasteiger partial charge is 0.341 e. The highest BCUT2D eigenvalue weighted by Crippen LogP contribution is 2.38. The van der Waals surface area contributed by atoms with Gasteiger partial charge < -0.3 is 19.4 Å². The third kappa shape index (κ3) is 6.28. The molecule has 3 aromatic rings. The van der Waals surface area contributed by atoms with Crippen LogP contribution in [-0.2, 0) is 48.3 Å². The van der Waals surface area contributed by atoms with Crippen molar-refractivity contribution >= 4 is 71.5 Å². The third-order valence-electron chi connectivity index (χ3n) is 6.15. The van der Waals surface area contributed by atoms with Crippen LogP contribution in [0.1, 0.15) is 50.9 Å². The van der Waals surface area contributed by atoms with E-state index in [-0.39, 0.29) is 15.4 Å². The van der Waals surface area contributed by atoms with Gasteiger partial charge in [0.2, 0.25) is 5.91 Å². The first-order valence-electron chi connectivity index (χ1n) is 12.1. The number of methoxy groups -OCH3 is 2. The zero-order chi connectivity index (χ0) is 28.3. The van der Waals surface area contributed by atoms with Crippen LogP contribution in [0.25, 0.3) is 10.2 Å². The van der Waals surface area contributed by atoms with Crippen molar-refractivity contribution in [1.29, 1.82) is 0 Å². The number of hydrogen-bond donors (Lipinski definition) is 1. The summed E-state index contributed by atoms with van der Waals surface area (Å²) in [7, 11) is -1.64. The monoisotopic (exact) mass is 593 g/mol. The van der Waals surface area contributed by atoms with Crippen LogP contribution in [0.4, 0.5) is 5.00 Å². The van der Waals surface area contributed by atoms with Crippen LogP contribution in [0.15, 0.2) is 23.2 Å². The summed E-state index contributed by atoms with van der Waals surface area (Å²) in [6.07, 6.45) is 3.32.